The van der Waals surface area contributed by atoms with E-state index in [4.69, 9.17) is 34.0 Å². The van der Waals surface area contributed by atoms with Crippen molar-refractivity contribution >= 4 is 17.9 Å². The first kappa shape index (κ1) is 25.1. The fraction of sp³-hybridized carbons (Fsp3) is 0.148. The number of nitrogens with one attached hydrogen (secondary N) is 1. The minimum atomic E-state index is -1.82. The average Bonchev–Trinajstić information content (AvgIpc) is 3.53. The lowest BCUT2D eigenvalue weighted by Crippen LogP contribution is -2.09. The number of anilines is 1. The van der Waals surface area contributed by atoms with Crippen molar-refractivity contribution in [2.45, 2.75) is 13.2 Å². The van der Waals surface area contributed by atoms with Crippen molar-refractivity contribution in [2.75, 3.05) is 12.1 Å². The number of nitrogens with zero attached hydrogens (tertiary/aromatic N) is 2. The molecule has 0 fully saturated rings. The van der Waals surface area contributed by atoms with Crippen LogP contribution < -0.4 is 19.5 Å². The summed E-state index contributed by atoms with van der Waals surface area (Å²) in [6.07, 6.45) is 1.86. The lowest BCUT2D eigenvalue weighted by atomic mass is 10.1. The molecule has 0 atom stereocenters. The molecule has 0 aliphatic carbocycles. The molecule has 0 saturated heterocycles. The first-order chi connectivity index (χ1) is 17.9. The second-order valence-electron chi connectivity index (χ2n) is 7.98. The number of fused-ring (bicyclic) bond motifs is 1. The quantitative estimate of drug-likeness (QED) is 0.318. The molecule has 190 valence electrons. The van der Waals surface area contributed by atoms with Gasteiger partial charge in [0.25, 0.3) is 0 Å². The number of aliphatic carboxylic acids is 2. The van der Waals surface area contributed by atoms with Gasteiger partial charge in [-0.1, -0.05) is 42.5 Å². The van der Waals surface area contributed by atoms with Gasteiger partial charge in [-0.25, -0.2) is 14.6 Å². The normalized spacial score (nSPS) is 11.3. The third kappa shape index (κ3) is 6.57. The van der Waals surface area contributed by atoms with Crippen LogP contribution in [-0.2, 0) is 29.8 Å². The topological polar surface area (TPSA) is 132 Å². The zero-order chi connectivity index (χ0) is 26.2. The molecule has 0 amide bonds. The highest BCUT2D eigenvalue weighted by molar-refractivity contribution is 6.27. The second-order valence-corrected chi connectivity index (χ2v) is 7.98. The van der Waals surface area contributed by atoms with E-state index in [2.05, 4.69) is 34.6 Å². The van der Waals surface area contributed by atoms with E-state index in [0.29, 0.717) is 13.2 Å². The number of hydrogen-bond acceptors (Lipinski definition) is 7. The number of aromatic nitrogens is 2. The van der Waals surface area contributed by atoms with Gasteiger partial charge in [0.2, 0.25) is 12.7 Å². The molecule has 1 aromatic heterocycles. The molecule has 4 aromatic rings. The summed E-state index contributed by atoms with van der Waals surface area (Å²) >= 11 is 0. The molecule has 0 unspecified atom stereocenters. The Balaban J connectivity index is 0.000000480. The molecule has 10 heteroatoms. The van der Waals surface area contributed by atoms with Crippen molar-refractivity contribution in [3.63, 3.8) is 0 Å². The van der Waals surface area contributed by atoms with E-state index >= 15 is 0 Å². The number of benzene rings is 3. The van der Waals surface area contributed by atoms with Crippen molar-refractivity contribution in [2.24, 2.45) is 7.05 Å². The highest BCUT2D eigenvalue weighted by Gasteiger charge is 2.16. The number of carbonyl (C=O) groups is 2. The van der Waals surface area contributed by atoms with Crippen LogP contribution in [0.15, 0.2) is 79.0 Å². The number of hydrogen-bond donors (Lipinski definition) is 3. The largest absolute Gasteiger partial charge is 0.489 e. The van der Waals surface area contributed by atoms with Crippen molar-refractivity contribution in [3.8, 4) is 28.5 Å². The van der Waals surface area contributed by atoms with Crippen LogP contribution in [0.3, 0.4) is 0 Å². The van der Waals surface area contributed by atoms with Gasteiger partial charge in [-0.05, 0) is 41.5 Å². The standard InChI is InChI=1S/C25H23N3O3.C2H2O4/c1-28-22(20-10-11-23-24(13-20)31-17-30-23)15-27-25(28)26-14-19-8-5-9-21(12-19)29-16-18-6-3-2-4-7-18;3-1(4)2(5)6/h2-13,15H,14,16-17H2,1H3,(H,26,27);(H,3,4)(H,5,6). The highest BCUT2D eigenvalue weighted by atomic mass is 16.7. The number of carboxylic acids is 2. The average molecular weight is 504 g/mol. The van der Waals surface area contributed by atoms with E-state index in [1.54, 1.807) is 0 Å². The summed E-state index contributed by atoms with van der Waals surface area (Å²) in [5, 5.41) is 18.2. The van der Waals surface area contributed by atoms with Crippen LogP contribution in [0.4, 0.5) is 5.95 Å². The highest BCUT2D eigenvalue weighted by Crippen LogP contribution is 2.36. The van der Waals surface area contributed by atoms with E-state index in [0.717, 1.165) is 45.6 Å². The SMILES string of the molecule is Cn1c(-c2ccc3c(c2)OCO3)cnc1NCc1cccc(OCc2ccccc2)c1.O=C(O)C(=O)O. The van der Waals surface area contributed by atoms with Gasteiger partial charge in [0, 0.05) is 19.2 Å². The van der Waals surface area contributed by atoms with Crippen molar-refractivity contribution in [1.29, 1.82) is 0 Å². The van der Waals surface area contributed by atoms with Gasteiger partial charge in [0.15, 0.2) is 11.5 Å². The third-order valence-corrected chi connectivity index (χ3v) is 5.44. The Labute approximate surface area is 212 Å². The van der Waals surface area contributed by atoms with Gasteiger partial charge < -0.3 is 34.3 Å². The van der Waals surface area contributed by atoms with Crippen LogP contribution in [-0.4, -0.2) is 38.5 Å². The minimum absolute atomic E-state index is 0.269. The maximum absolute atomic E-state index is 9.10. The maximum Gasteiger partial charge on any atom is 0.414 e. The summed E-state index contributed by atoms with van der Waals surface area (Å²) in [7, 11) is 1.99. The Kier molecular flexibility index (Phi) is 7.89. The van der Waals surface area contributed by atoms with Crippen LogP contribution >= 0.6 is 0 Å². The Bertz CT molecular complexity index is 1370. The molecular formula is C27H25N3O7. The molecule has 37 heavy (non-hydrogen) atoms. The predicted molar refractivity (Wildman–Crippen MR) is 135 cm³/mol. The third-order valence-electron chi connectivity index (χ3n) is 5.44. The molecule has 3 N–H and O–H groups in total. The molecule has 3 aromatic carbocycles. The van der Waals surface area contributed by atoms with Crippen LogP contribution in [0.25, 0.3) is 11.3 Å². The number of ether oxygens (including phenoxy) is 3. The van der Waals surface area contributed by atoms with E-state index in [9.17, 15) is 0 Å². The monoisotopic (exact) mass is 503 g/mol. The van der Waals surface area contributed by atoms with Crippen molar-refractivity contribution in [3.05, 3.63) is 90.1 Å². The fourth-order valence-corrected chi connectivity index (χ4v) is 3.57. The number of carboxylic acid groups (broad SMARTS) is 2. The Morgan fingerprint density at radius 3 is 2.43 bits per heavy atom. The molecular weight excluding hydrogens is 478 g/mol. The van der Waals surface area contributed by atoms with Crippen LogP contribution in [0, 0.1) is 0 Å². The van der Waals surface area contributed by atoms with E-state index in [1.807, 2.05) is 66.3 Å². The summed E-state index contributed by atoms with van der Waals surface area (Å²) in [5.74, 6) is -0.462. The summed E-state index contributed by atoms with van der Waals surface area (Å²) in [6, 6.07) is 24.2. The molecule has 0 saturated carbocycles. The molecule has 0 bridgehead atoms. The maximum atomic E-state index is 9.10. The Morgan fingerprint density at radius 1 is 0.946 bits per heavy atom. The Morgan fingerprint density at radius 2 is 1.68 bits per heavy atom. The summed E-state index contributed by atoms with van der Waals surface area (Å²) in [5.41, 5.74) is 4.30. The number of imidazole rings is 1. The summed E-state index contributed by atoms with van der Waals surface area (Å²) in [4.78, 5) is 22.7. The van der Waals surface area contributed by atoms with Crippen LogP contribution in [0.5, 0.6) is 17.2 Å². The molecule has 0 spiro atoms. The summed E-state index contributed by atoms with van der Waals surface area (Å²) < 4.78 is 18.9. The van der Waals surface area contributed by atoms with Gasteiger partial charge in [-0.15, -0.1) is 0 Å². The van der Waals surface area contributed by atoms with Gasteiger partial charge >= 0.3 is 11.9 Å². The van der Waals surface area contributed by atoms with Gasteiger partial charge in [-0.2, -0.15) is 0 Å². The predicted octanol–water partition coefficient (Wildman–Crippen LogP) is 4.16. The summed E-state index contributed by atoms with van der Waals surface area (Å²) in [6.45, 7) is 1.47. The lowest BCUT2D eigenvalue weighted by Gasteiger charge is -2.11. The first-order valence-electron chi connectivity index (χ1n) is 11.3. The van der Waals surface area contributed by atoms with Crippen LogP contribution in [0.2, 0.25) is 0 Å². The molecule has 10 nitrogen and oxygen atoms in total. The van der Waals surface area contributed by atoms with Gasteiger partial charge in [0.1, 0.15) is 12.4 Å². The lowest BCUT2D eigenvalue weighted by molar-refractivity contribution is -0.159. The molecule has 1 aliphatic rings. The van der Waals surface area contributed by atoms with Crippen molar-refractivity contribution < 1.29 is 34.0 Å². The zero-order valence-corrected chi connectivity index (χ0v) is 20.0. The Hall–Kier alpha value is -4.99. The second kappa shape index (κ2) is 11.6. The van der Waals surface area contributed by atoms with E-state index in [-0.39, 0.29) is 6.79 Å². The molecule has 0 radical (unpaired) electrons. The molecule has 1 aliphatic heterocycles. The number of rotatable bonds is 7. The van der Waals surface area contributed by atoms with Gasteiger partial charge in [0.05, 0.1) is 11.9 Å². The molecule has 5 rings (SSSR count). The van der Waals surface area contributed by atoms with E-state index in [1.165, 1.54) is 0 Å². The van der Waals surface area contributed by atoms with E-state index < -0.39 is 11.9 Å². The smallest absolute Gasteiger partial charge is 0.414 e. The van der Waals surface area contributed by atoms with Crippen LogP contribution in [0.1, 0.15) is 11.1 Å². The fourth-order valence-electron chi connectivity index (χ4n) is 3.57. The van der Waals surface area contributed by atoms with Gasteiger partial charge in [-0.3, -0.25) is 0 Å². The first-order valence-corrected chi connectivity index (χ1v) is 11.3. The van der Waals surface area contributed by atoms with Crippen molar-refractivity contribution in [1.82, 2.24) is 9.55 Å². The molecule has 2 heterocycles. The minimum Gasteiger partial charge on any atom is -0.489 e. The zero-order valence-electron chi connectivity index (χ0n) is 20.0.